The fourth-order valence-corrected chi connectivity index (χ4v) is 6.30. The van der Waals surface area contributed by atoms with Crippen molar-refractivity contribution in [2.75, 3.05) is 24.6 Å². The van der Waals surface area contributed by atoms with Crippen LogP contribution in [0.5, 0.6) is 0 Å². The lowest BCUT2D eigenvalue weighted by atomic mass is 10.1. The lowest BCUT2D eigenvalue weighted by Gasteiger charge is -2.21. The zero-order valence-electron chi connectivity index (χ0n) is 15.0. The zero-order valence-corrected chi connectivity index (χ0v) is 16.6. The van der Waals surface area contributed by atoms with Crippen LogP contribution in [0.4, 0.5) is 0 Å². The first-order chi connectivity index (χ1) is 12.7. The first kappa shape index (κ1) is 19.8. The normalized spacial score (nSPS) is 19.4. The number of sulfonamides is 1. The molecular formula is C18H22N2O5S2. The van der Waals surface area contributed by atoms with Crippen LogP contribution in [-0.2, 0) is 24.7 Å². The topological polar surface area (TPSA) is 101 Å². The Hall–Kier alpha value is -1.97. The summed E-state index contributed by atoms with van der Waals surface area (Å²) in [6, 6.07) is 11.8. The van der Waals surface area contributed by atoms with Gasteiger partial charge in [-0.3, -0.25) is 4.79 Å². The minimum Gasteiger partial charge on any atom is -0.351 e. The van der Waals surface area contributed by atoms with Crippen molar-refractivity contribution in [3.8, 4) is 0 Å². The highest BCUT2D eigenvalue weighted by Crippen LogP contribution is 2.22. The highest BCUT2D eigenvalue weighted by molar-refractivity contribution is 7.91. The van der Waals surface area contributed by atoms with Gasteiger partial charge in [-0.15, -0.1) is 0 Å². The van der Waals surface area contributed by atoms with Gasteiger partial charge < -0.3 is 5.32 Å². The molecule has 1 N–H and O–H groups in total. The van der Waals surface area contributed by atoms with Crippen molar-refractivity contribution >= 4 is 36.5 Å². The number of nitrogens with one attached hydrogen (secondary N) is 1. The Bertz CT molecular complexity index is 1060. The molecule has 0 radical (unpaired) electrons. The van der Waals surface area contributed by atoms with Crippen LogP contribution in [-0.4, -0.2) is 57.7 Å². The zero-order chi connectivity index (χ0) is 19.7. The van der Waals surface area contributed by atoms with Crippen LogP contribution in [0.2, 0.25) is 0 Å². The van der Waals surface area contributed by atoms with Crippen LogP contribution in [0.25, 0.3) is 10.8 Å². The summed E-state index contributed by atoms with van der Waals surface area (Å²) in [7, 11) is -6.95. The molecule has 7 nitrogen and oxygen atoms in total. The van der Waals surface area contributed by atoms with E-state index in [1.165, 1.54) is 6.07 Å². The third kappa shape index (κ3) is 4.48. The van der Waals surface area contributed by atoms with Crippen molar-refractivity contribution in [2.24, 2.45) is 0 Å². The number of benzene rings is 2. The summed E-state index contributed by atoms with van der Waals surface area (Å²) in [4.78, 5) is 12.4. The molecule has 2 aromatic carbocycles. The highest BCUT2D eigenvalue weighted by atomic mass is 32.2. The third-order valence-corrected chi connectivity index (χ3v) is 8.31. The molecular weight excluding hydrogens is 388 g/mol. The summed E-state index contributed by atoms with van der Waals surface area (Å²) < 4.78 is 49.9. The van der Waals surface area contributed by atoms with Crippen LogP contribution in [0.1, 0.15) is 13.3 Å². The van der Waals surface area contributed by atoms with E-state index in [-0.39, 0.29) is 29.5 Å². The van der Waals surface area contributed by atoms with E-state index in [1.54, 1.807) is 19.1 Å². The van der Waals surface area contributed by atoms with Gasteiger partial charge in [-0.05, 0) is 29.3 Å². The molecule has 1 aliphatic heterocycles. The Balaban J connectivity index is 1.75. The van der Waals surface area contributed by atoms with Crippen LogP contribution >= 0.6 is 0 Å². The molecule has 2 aromatic rings. The largest absolute Gasteiger partial charge is 0.351 e. The van der Waals surface area contributed by atoms with E-state index in [9.17, 15) is 21.6 Å². The van der Waals surface area contributed by atoms with Crippen LogP contribution < -0.4 is 5.32 Å². The molecule has 0 saturated carbocycles. The smallest absolute Gasteiger partial charge is 0.243 e. The standard InChI is InChI=1S/C18H22N2O5S2/c1-2-20(12-18(21)19-16-9-10-26(22,23)13-16)27(24,25)17-8-7-14-5-3-4-6-15(14)11-17/h3-8,11,16H,2,9-10,12-13H2,1H3,(H,19,21)/t16-/m0/s1. The first-order valence-electron chi connectivity index (χ1n) is 8.70. The summed E-state index contributed by atoms with van der Waals surface area (Å²) >= 11 is 0. The van der Waals surface area contributed by atoms with Gasteiger partial charge in [-0.2, -0.15) is 4.31 Å². The Morgan fingerprint density at radius 3 is 2.52 bits per heavy atom. The van der Waals surface area contributed by atoms with E-state index >= 15 is 0 Å². The van der Waals surface area contributed by atoms with Crippen molar-refractivity contribution < 1.29 is 21.6 Å². The number of hydrogen-bond acceptors (Lipinski definition) is 5. The van der Waals surface area contributed by atoms with E-state index in [1.807, 2.05) is 24.3 Å². The number of fused-ring (bicyclic) bond motifs is 1. The Morgan fingerprint density at radius 1 is 1.19 bits per heavy atom. The van der Waals surface area contributed by atoms with Gasteiger partial charge in [-0.25, -0.2) is 16.8 Å². The molecule has 27 heavy (non-hydrogen) atoms. The number of amides is 1. The number of likely N-dealkylation sites (N-methyl/N-ethyl adjacent to an activating group) is 1. The van der Waals surface area contributed by atoms with E-state index in [2.05, 4.69) is 5.32 Å². The predicted octanol–water partition coefficient (Wildman–Crippen LogP) is 1.15. The maximum Gasteiger partial charge on any atom is 0.243 e. The van der Waals surface area contributed by atoms with Crippen molar-refractivity contribution in [2.45, 2.75) is 24.3 Å². The monoisotopic (exact) mass is 410 g/mol. The minimum absolute atomic E-state index is 0.0465. The molecule has 1 heterocycles. The van der Waals surface area contributed by atoms with Gasteiger partial charge >= 0.3 is 0 Å². The molecule has 1 fully saturated rings. The van der Waals surface area contributed by atoms with Crippen molar-refractivity contribution in [3.05, 3.63) is 42.5 Å². The first-order valence-corrected chi connectivity index (χ1v) is 12.0. The van der Waals surface area contributed by atoms with E-state index in [4.69, 9.17) is 0 Å². The van der Waals surface area contributed by atoms with E-state index in [0.29, 0.717) is 6.42 Å². The number of carbonyl (C=O) groups is 1. The molecule has 0 bridgehead atoms. The van der Waals surface area contributed by atoms with Crippen LogP contribution in [0, 0.1) is 0 Å². The summed E-state index contributed by atoms with van der Waals surface area (Å²) in [5.74, 6) is -0.545. The van der Waals surface area contributed by atoms with Gasteiger partial charge in [0, 0.05) is 12.6 Å². The van der Waals surface area contributed by atoms with Gasteiger partial charge in [-0.1, -0.05) is 37.3 Å². The molecule has 1 amide bonds. The molecule has 0 spiro atoms. The van der Waals surface area contributed by atoms with Gasteiger partial charge in [0.15, 0.2) is 9.84 Å². The quantitative estimate of drug-likeness (QED) is 0.770. The maximum atomic E-state index is 12.9. The van der Waals surface area contributed by atoms with Gasteiger partial charge in [0.25, 0.3) is 0 Å². The summed E-state index contributed by atoms with van der Waals surface area (Å²) in [5.41, 5.74) is 0. The number of rotatable bonds is 6. The Kier molecular flexibility index (Phi) is 5.55. The second kappa shape index (κ2) is 7.57. The number of carbonyl (C=O) groups excluding carboxylic acids is 1. The fraction of sp³-hybridized carbons (Fsp3) is 0.389. The van der Waals surface area contributed by atoms with Crippen molar-refractivity contribution in [1.82, 2.24) is 9.62 Å². The highest BCUT2D eigenvalue weighted by Gasteiger charge is 2.31. The molecule has 0 unspecified atom stereocenters. The maximum absolute atomic E-state index is 12.9. The Morgan fingerprint density at radius 2 is 1.89 bits per heavy atom. The molecule has 0 aromatic heterocycles. The fourth-order valence-electron chi connectivity index (χ4n) is 3.19. The molecule has 0 aliphatic carbocycles. The van der Waals surface area contributed by atoms with Gasteiger partial charge in [0.1, 0.15) is 0 Å². The summed E-state index contributed by atoms with van der Waals surface area (Å²) in [6.45, 7) is 1.44. The Labute approximate surface area is 159 Å². The number of sulfone groups is 1. The van der Waals surface area contributed by atoms with Gasteiger partial charge in [0.2, 0.25) is 15.9 Å². The predicted molar refractivity (Wildman–Crippen MR) is 104 cm³/mol. The molecule has 1 aliphatic rings. The average Bonchev–Trinajstić information content (AvgIpc) is 2.97. The lowest BCUT2D eigenvalue weighted by Crippen LogP contribution is -2.44. The van der Waals surface area contributed by atoms with Crippen LogP contribution in [0.15, 0.2) is 47.4 Å². The second-order valence-electron chi connectivity index (χ2n) is 6.61. The molecule has 146 valence electrons. The lowest BCUT2D eigenvalue weighted by molar-refractivity contribution is -0.121. The second-order valence-corrected chi connectivity index (χ2v) is 10.8. The molecule has 1 saturated heterocycles. The van der Waals surface area contributed by atoms with Crippen molar-refractivity contribution in [1.29, 1.82) is 0 Å². The molecule has 3 rings (SSSR count). The van der Waals surface area contributed by atoms with E-state index < -0.39 is 31.8 Å². The summed E-state index contributed by atoms with van der Waals surface area (Å²) in [5, 5.41) is 4.36. The third-order valence-electron chi connectivity index (χ3n) is 4.63. The summed E-state index contributed by atoms with van der Waals surface area (Å²) in [6.07, 6.45) is 0.359. The minimum atomic E-state index is -3.84. The molecule has 1 atom stereocenters. The molecule has 9 heteroatoms. The SMILES string of the molecule is CCN(CC(=O)N[C@H]1CCS(=O)(=O)C1)S(=O)(=O)c1ccc2ccccc2c1. The number of hydrogen-bond donors (Lipinski definition) is 1. The van der Waals surface area contributed by atoms with Crippen molar-refractivity contribution in [3.63, 3.8) is 0 Å². The van der Waals surface area contributed by atoms with E-state index in [0.717, 1.165) is 15.1 Å². The number of nitrogens with zero attached hydrogens (tertiary/aromatic N) is 1. The average molecular weight is 411 g/mol. The van der Waals surface area contributed by atoms with Crippen LogP contribution in [0.3, 0.4) is 0 Å². The van der Waals surface area contributed by atoms with Gasteiger partial charge in [0.05, 0.1) is 22.9 Å².